The highest BCUT2D eigenvalue weighted by Crippen LogP contribution is 2.13. The van der Waals surface area contributed by atoms with E-state index in [-0.39, 0.29) is 0 Å². The Morgan fingerprint density at radius 2 is 1.45 bits per heavy atom. The Balaban J connectivity index is 1.82. The van der Waals surface area contributed by atoms with Gasteiger partial charge in [0.25, 0.3) is 0 Å². The largest absolute Gasteiger partial charge is 0.0625 e. The summed E-state index contributed by atoms with van der Waals surface area (Å²) >= 11 is 0. The van der Waals surface area contributed by atoms with Crippen LogP contribution >= 0.6 is 0 Å². The van der Waals surface area contributed by atoms with Gasteiger partial charge in [-0.25, -0.2) is 0 Å². The minimum Gasteiger partial charge on any atom is -0.0625 e. The quantitative estimate of drug-likeness (QED) is 0.659. The number of benzene rings is 2. The zero-order valence-electron chi connectivity index (χ0n) is 13.0. The van der Waals surface area contributed by atoms with Crippen molar-refractivity contribution < 1.29 is 0 Å². The lowest BCUT2D eigenvalue weighted by Gasteiger charge is -2.07. The van der Waals surface area contributed by atoms with Crippen LogP contribution in [0.4, 0.5) is 0 Å². The molecule has 0 N–H and O–H groups in total. The van der Waals surface area contributed by atoms with Crippen molar-refractivity contribution in [1.82, 2.24) is 0 Å². The van der Waals surface area contributed by atoms with Crippen molar-refractivity contribution in [2.45, 2.75) is 46.5 Å². The van der Waals surface area contributed by atoms with Gasteiger partial charge in [-0.05, 0) is 55.2 Å². The van der Waals surface area contributed by atoms with Crippen molar-refractivity contribution >= 4 is 0 Å². The Morgan fingerprint density at radius 1 is 0.800 bits per heavy atom. The molecule has 0 unspecified atom stereocenters. The molecule has 0 radical (unpaired) electrons. The minimum atomic E-state index is 0.738. The van der Waals surface area contributed by atoms with E-state index >= 15 is 0 Å². The second-order valence-electron chi connectivity index (χ2n) is 6.26. The summed E-state index contributed by atoms with van der Waals surface area (Å²) in [6.45, 7) is 6.71. The van der Waals surface area contributed by atoms with E-state index in [0.29, 0.717) is 0 Å². The highest BCUT2D eigenvalue weighted by atomic mass is 14.0. The molecule has 0 fully saturated rings. The lowest BCUT2D eigenvalue weighted by molar-refractivity contribution is 0.647. The van der Waals surface area contributed by atoms with Gasteiger partial charge in [0.2, 0.25) is 0 Å². The molecule has 2 aromatic rings. The monoisotopic (exact) mass is 266 g/mol. The molecule has 0 aliphatic heterocycles. The Bertz CT molecular complexity index is 520. The van der Waals surface area contributed by atoms with Gasteiger partial charge in [0.15, 0.2) is 0 Å². The topological polar surface area (TPSA) is 0 Å². The molecule has 0 heteroatoms. The summed E-state index contributed by atoms with van der Waals surface area (Å²) in [5, 5.41) is 0. The molecule has 2 aromatic carbocycles. The van der Waals surface area contributed by atoms with Crippen LogP contribution in [0.5, 0.6) is 0 Å². The van der Waals surface area contributed by atoms with Crippen LogP contribution in [0, 0.1) is 12.8 Å². The summed E-state index contributed by atoms with van der Waals surface area (Å²) in [5.74, 6) is 0.738. The van der Waals surface area contributed by atoms with Crippen molar-refractivity contribution in [3.05, 3.63) is 70.8 Å². The van der Waals surface area contributed by atoms with Gasteiger partial charge in [0, 0.05) is 0 Å². The van der Waals surface area contributed by atoms with E-state index in [9.17, 15) is 0 Å². The fourth-order valence-corrected chi connectivity index (χ4v) is 2.68. The molecular formula is C20H26. The van der Waals surface area contributed by atoms with Gasteiger partial charge in [-0.15, -0.1) is 0 Å². The van der Waals surface area contributed by atoms with Gasteiger partial charge in [0.05, 0.1) is 0 Å². The van der Waals surface area contributed by atoms with Gasteiger partial charge in [0.1, 0.15) is 0 Å². The summed E-state index contributed by atoms with van der Waals surface area (Å²) in [6, 6.07) is 18.0. The number of hydrogen-bond acceptors (Lipinski definition) is 0. The average Bonchev–Trinajstić information content (AvgIpc) is 2.40. The van der Waals surface area contributed by atoms with Crippen LogP contribution in [-0.2, 0) is 19.3 Å². The summed E-state index contributed by atoms with van der Waals surface area (Å²) < 4.78 is 0. The number of rotatable bonds is 6. The Hall–Kier alpha value is -1.56. The number of aryl methyl sites for hydroxylation is 3. The molecule has 0 atom stereocenters. The van der Waals surface area contributed by atoms with Crippen LogP contribution < -0.4 is 0 Å². The van der Waals surface area contributed by atoms with Crippen LogP contribution in [0.15, 0.2) is 48.5 Å². The summed E-state index contributed by atoms with van der Waals surface area (Å²) in [6.07, 6.45) is 4.77. The molecule has 0 saturated carbocycles. The fourth-order valence-electron chi connectivity index (χ4n) is 2.68. The maximum Gasteiger partial charge on any atom is -0.0256 e. The summed E-state index contributed by atoms with van der Waals surface area (Å²) in [4.78, 5) is 0. The molecule has 0 aliphatic carbocycles. The van der Waals surface area contributed by atoms with E-state index in [2.05, 4.69) is 69.3 Å². The third-order valence-electron chi connectivity index (χ3n) is 3.68. The predicted molar refractivity (Wildman–Crippen MR) is 88.2 cm³/mol. The van der Waals surface area contributed by atoms with E-state index in [1.165, 1.54) is 47.9 Å². The molecule has 20 heavy (non-hydrogen) atoms. The second kappa shape index (κ2) is 7.28. The Labute approximate surface area is 123 Å². The minimum absolute atomic E-state index is 0.738. The van der Waals surface area contributed by atoms with Crippen molar-refractivity contribution in [1.29, 1.82) is 0 Å². The van der Waals surface area contributed by atoms with Gasteiger partial charge in [-0.1, -0.05) is 67.9 Å². The van der Waals surface area contributed by atoms with Gasteiger partial charge in [-0.2, -0.15) is 0 Å². The molecule has 0 aromatic heterocycles. The predicted octanol–water partition coefficient (Wildman–Crippen LogP) is 5.37. The normalized spacial score (nSPS) is 11.0. The smallest absolute Gasteiger partial charge is 0.0256 e. The van der Waals surface area contributed by atoms with Gasteiger partial charge < -0.3 is 0 Å². The van der Waals surface area contributed by atoms with Crippen LogP contribution in [0.2, 0.25) is 0 Å². The first-order valence-corrected chi connectivity index (χ1v) is 7.77. The molecule has 0 aliphatic rings. The number of hydrogen-bond donors (Lipinski definition) is 0. The molecule has 0 amide bonds. The zero-order chi connectivity index (χ0) is 14.4. The third kappa shape index (κ3) is 4.85. The van der Waals surface area contributed by atoms with Gasteiger partial charge >= 0.3 is 0 Å². The molecule has 0 heterocycles. The fraction of sp³-hybridized carbons (Fsp3) is 0.400. The maximum atomic E-state index is 2.30. The summed E-state index contributed by atoms with van der Waals surface area (Å²) in [7, 11) is 0. The van der Waals surface area contributed by atoms with Crippen molar-refractivity contribution in [3.63, 3.8) is 0 Å². The van der Waals surface area contributed by atoms with E-state index in [1.807, 2.05) is 0 Å². The standard InChI is InChI=1S/C20H26/c1-16(2)14-20-12-10-18(11-13-20)7-5-9-19-8-4-6-17(3)15-19/h4,6,8,10-13,15-16H,5,7,9,14H2,1-3H3. The first-order valence-electron chi connectivity index (χ1n) is 7.77. The van der Waals surface area contributed by atoms with E-state index in [0.717, 1.165) is 5.92 Å². The molecular weight excluding hydrogens is 240 g/mol. The third-order valence-corrected chi connectivity index (χ3v) is 3.68. The van der Waals surface area contributed by atoms with Crippen LogP contribution in [0.25, 0.3) is 0 Å². The van der Waals surface area contributed by atoms with E-state index in [1.54, 1.807) is 0 Å². The molecule has 2 rings (SSSR count). The van der Waals surface area contributed by atoms with Crippen molar-refractivity contribution in [2.75, 3.05) is 0 Å². The maximum absolute atomic E-state index is 2.30. The van der Waals surface area contributed by atoms with Crippen LogP contribution in [0.1, 0.15) is 42.5 Å². The van der Waals surface area contributed by atoms with Crippen molar-refractivity contribution in [3.8, 4) is 0 Å². The lowest BCUT2D eigenvalue weighted by atomic mass is 9.99. The molecule has 0 spiro atoms. The summed E-state index contributed by atoms with van der Waals surface area (Å²) in [5.41, 5.74) is 5.74. The molecule has 0 bridgehead atoms. The lowest BCUT2D eigenvalue weighted by Crippen LogP contribution is -1.95. The second-order valence-corrected chi connectivity index (χ2v) is 6.26. The van der Waals surface area contributed by atoms with Gasteiger partial charge in [-0.3, -0.25) is 0 Å². The van der Waals surface area contributed by atoms with Crippen molar-refractivity contribution in [2.24, 2.45) is 5.92 Å². The SMILES string of the molecule is Cc1cccc(CCCc2ccc(CC(C)C)cc2)c1. The van der Waals surface area contributed by atoms with Crippen LogP contribution in [-0.4, -0.2) is 0 Å². The zero-order valence-corrected chi connectivity index (χ0v) is 13.0. The Morgan fingerprint density at radius 3 is 2.10 bits per heavy atom. The first-order chi connectivity index (χ1) is 9.63. The average molecular weight is 266 g/mol. The molecule has 0 saturated heterocycles. The highest BCUT2D eigenvalue weighted by Gasteiger charge is 1.99. The highest BCUT2D eigenvalue weighted by molar-refractivity contribution is 5.24. The Kier molecular flexibility index (Phi) is 5.40. The first kappa shape index (κ1) is 14.8. The van der Waals surface area contributed by atoms with Crippen LogP contribution in [0.3, 0.4) is 0 Å². The molecule has 0 nitrogen and oxygen atoms in total. The van der Waals surface area contributed by atoms with E-state index in [4.69, 9.17) is 0 Å². The van der Waals surface area contributed by atoms with E-state index < -0.39 is 0 Å². The molecule has 106 valence electrons.